The minimum atomic E-state index is -0.786. The van der Waals surface area contributed by atoms with E-state index in [0.29, 0.717) is 19.3 Å². The van der Waals surface area contributed by atoms with Crippen molar-refractivity contribution in [3.05, 3.63) is 60.8 Å². The number of hydrogen-bond donors (Lipinski definition) is 0. The Kier molecular flexibility index (Phi) is 60.2. The van der Waals surface area contributed by atoms with E-state index in [1.54, 1.807) is 0 Å². The maximum atomic E-state index is 12.9. The summed E-state index contributed by atoms with van der Waals surface area (Å²) in [6.07, 6.45) is 79.4. The van der Waals surface area contributed by atoms with E-state index in [1.165, 1.54) is 199 Å². The lowest BCUT2D eigenvalue weighted by atomic mass is 10.0. The third-order valence-electron chi connectivity index (χ3n) is 14.3. The van der Waals surface area contributed by atoms with E-state index < -0.39 is 6.10 Å². The average Bonchev–Trinajstić information content (AvgIpc) is 3.40. The molecule has 0 aliphatic carbocycles. The highest BCUT2D eigenvalue weighted by Crippen LogP contribution is 2.18. The normalized spacial score (nSPS) is 12.4. The smallest absolute Gasteiger partial charge is 0.306 e. The van der Waals surface area contributed by atoms with Crippen molar-refractivity contribution in [3.8, 4) is 0 Å². The standard InChI is InChI=1S/C68H122O6/c1-4-7-10-13-16-19-22-25-28-31-34-37-40-43-46-49-52-55-58-61-67(70)73-64-65(63-72-66(69)60-57-54-51-48-45-42-39-36-33-30-27-24-21-18-15-12-9-6-3)74-68(71)62-59-56-53-50-47-44-41-38-35-32-29-26-23-20-17-14-11-8-5-2/h7,10,16,19,25,28,34,37,43,46,65H,4-6,8-9,11-15,17-18,20-24,26-27,29-33,35-36,38-42,44-45,47-64H2,1-3H3/b10-7+,19-16+,28-25+,37-34+,46-43+/t65-/m1/s1. The molecule has 0 aromatic rings. The molecular formula is C68H122O6. The van der Waals surface area contributed by atoms with Gasteiger partial charge in [-0.3, -0.25) is 14.4 Å². The first-order valence-corrected chi connectivity index (χ1v) is 32.3. The molecule has 0 N–H and O–H groups in total. The molecule has 0 radical (unpaired) electrons. The predicted molar refractivity (Wildman–Crippen MR) is 321 cm³/mol. The molecule has 0 fully saturated rings. The summed E-state index contributed by atoms with van der Waals surface area (Å²) in [6, 6.07) is 0. The first-order valence-electron chi connectivity index (χ1n) is 32.3. The Balaban J connectivity index is 4.39. The molecule has 430 valence electrons. The Morgan fingerprint density at radius 1 is 0.284 bits per heavy atom. The summed E-state index contributed by atoms with van der Waals surface area (Å²) < 4.78 is 16.9. The zero-order valence-corrected chi connectivity index (χ0v) is 49.4. The zero-order valence-electron chi connectivity index (χ0n) is 49.4. The first kappa shape index (κ1) is 71.1. The van der Waals surface area contributed by atoms with Crippen LogP contribution in [0.5, 0.6) is 0 Å². The number of allylic oxidation sites excluding steroid dienone is 10. The van der Waals surface area contributed by atoms with E-state index in [1.807, 2.05) is 0 Å². The summed E-state index contributed by atoms with van der Waals surface area (Å²) in [4.78, 5) is 38.3. The van der Waals surface area contributed by atoms with Gasteiger partial charge in [-0.2, -0.15) is 0 Å². The van der Waals surface area contributed by atoms with Crippen molar-refractivity contribution in [1.29, 1.82) is 0 Å². The summed E-state index contributed by atoms with van der Waals surface area (Å²) in [6.45, 7) is 6.56. The molecule has 0 aliphatic rings. The molecule has 1 atom stereocenters. The molecule has 0 amide bonds. The van der Waals surface area contributed by atoms with Gasteiger partial charge < -0.3 is 14.2 Å². The largest absolute Gasteiger partial charge is 0.462 e. The van der Waals surface area contributed by atoms with E-state index in [0.717, 1.165) is 96.3 Å². The van der Waals surface area contributed by atoms with Gasteiger partial charge in [-0.15, -0.1) is 0 Å². The molecule has 0 bridgehead atoms. The lowest BCUT2D eigenvalue weighted by Crippen LogP contribution is -2.30. The number of ether oxygens (including phenoxy) is 3. The second-order valence-corrected chi connectivity index (χ2v) is 21.7. The second-order valence-electron chi connectivity index (χ2n) is 21.7. The van der Waals surface area contributed by atoms with E-state index in [4.69, 9.17) is 14.2 Å². The van der Waals surface area contributed by atoms with Gasteiger partial charge in [0.05, 0.1) is 0 Å². The fourth-order valence-corrected chi connectivity index (χ4v) is 9.47. The lowest BCUT2D eigenvalue weighted by Gasteiger charge is -2.18. The van der Waals surface area contributed by atoms with Crippen molar-refractivity contribution < 1.29 is 28.6 Å². The highest BCUT2D eigenvalue weighted by Gasteiger charge is 2.19. The van der Waals surface area contributed by atoms with Crippen molar-refractivity contribution in [2.24, 2.45) is 0 Å². The van der Waals surface area contributed by atoms with Crippen LogP contribution in [0, 0.1) is 0 Å². The summed E-state index contributed by atoms with van der Waals surface area (Å²) >= 11 is 0. The molecule has 74 heavy (non-hydrogen) atoms. The van der Waals surface area contributed by atoms with E-state index in [-0.39, 0.29) is 31.1 Å². The lowest BCUT2D eigenvalue weighted by molar-refractivity contribution is -0.167. The van der Waals surface area contributed by atoms with Gasteiger partial charge in [0, 0.05) is 19.3 Å². The summed E-state index contributed by atoms with van der Waals surface area (Å²) in [5.74, 6) is -0.891. The molecule has 0 saturated heterocycles. The maximum Gasteiger partial charge on any atom is 0.306 e. The highest BCUT2D eigenvalue weighted by molar-refractivity contribution is 5.71. The van der Waals surface area contributed by atoms with Crippen LogP contribution >= 0.6 is 0 Å². The van der Waals surface area contributed by atoms with Crippen LogP contribution in [0.2, 0.25) is 0 Å². The van der Waals surface area contributed by atoms with E-state index >= 15 is 0 Å². The van der Waals surface area contributed by atoms with E-state index in [2.05, 4.69) is 81.5 Å². The molecule has 6 nitrogen and oxygen atoms in total. The molecule has 0 aromatic heterocycles. The zero-order chi connectivity index (χ0) is 53.6. The quantitative estimate of drug-likeness (QED) is 0.0261. The van der Waals surface area contributed by atoms with Crippen LogP contribution in [-0.4, -0.2) is 37.2 Å². The Bertz CT molecular complexity index is 1330. The van der Waals surface area contributed by atoms with Crippen molar-refractivity contribution in [2.75, 3.05) is 13.2 Å². The predicted octanol–water partition coefficient (Wildman–Crippen LogP) is 21.9. The van der Waals surface area contributed by atoms with Crippen LogP contribution in [0.4, 0.5) is 0 Å². The van der Waals surface area contributed by atoms with Crippen LogP contribution in [0.15, 0.2) is 60.8 Å². The Morgan fingerprint density at radius 3 is 0.824 bits per heavy atom. The molecule has 0 saturated carbocycles. The Hall–Kier alpha value is -2.89. The number of carbonyl (C=O) groups excluding carboxylic acids is 3. The Labute approximate surface area is 460 Å². The van der Waals surface area contributed by atoms with Crippen molar-refractivity contribution in [2.45, 2.75) is 341 Å². The van der Waals surface area contributed by atoms with Crippen molar-refractivity contribution in [3.63, 3.8) is 0 Å². The minimum Gasteiger partial charge on any atom is -0.462 e. The third-order valence-corrected chi connectivity index (χ3v) is 14.3. The highest BCUT2D eigenvalue weighted by atomic mass is 16.6. The molecule has 0 aromatic carbocycles. The fraction of sp³-hybridized carbons (Fsp3) is 0.809. The molecule has 0 unspecified atom stereocenters. The van der Waals surface area contributed by atoms with Crippen LogP contribution in [0.25, 0.3) is 0 Å². The van der Waals surface area contributed by atoms with Crippen molar-refractivity contribution in [1.82, 2.24) is 0 Å². The molecule has 0 spiro atoms. The number of rotatable bonds is 59. The van der Waals surface area contributed by atoms with Crippen LogP contribution in [0.3, 0.4) is 0 Å². The van der Waals surface area contributed by atoms with Crippen LogP contribution in [0.1, 0.15) is 335 Å². The van der Waals surface area contributed by atoms with Gasteiger partial charge in [0.2, 0.25) is 0 Å². The number of unbranched alkanes of at least 4 members (excludes halogenated alkanes) is 38. The third kappa shape index (κ3) is 60.0. The van der Waals surface area contributed by atoms with E-state index in [9.17, 15) is 14.4 Å². The Morgan fingerprint density at radius 2 is 0.527 bits per heavy atom. The van der Waals surface area contributed by atoms with Gasteiger partial charge in [0.25, 0.3) is 0 Å². The summed E-state index contributed by atoms with van der Waals surface area (Å²) in [5.41, 5.74) is 0. The molecular weight excluding hydrogens is 913 g/mol. The van der Waals surface area contributed by atoms with Gasteiger partial charge in [-0.25, -0.2) is 0 Å². The maximum absolute atomic E-state index is 12.9. The van der Waals surface area contributed by atoms with Crippen LogP contribution in [-0.2, 0) is 28.6 Å². The molecule has 0 heterocycles. The topological polar surface area (TPSA) is 78.9 Å². The summed E-state index contributed by atoms with van der Waals surface area (Å²) in [7, 11) is 0. The van der Waals surface area contributed by atoms with Crippen LogP contribution < -0.4 is 0 Å². The van der Waals surface area contributed by atoms with Gasteiger partial charge in [0.15, 0.2) is 6.10 Å². The number of carbonyl (C=O) groups is 3. The monoisotopic (exact) mass is 1030 g/mol. The number of esters is 3. The SMILES string of the molecule is CC/C=C/C/C=C/C/C=C/C/C=C/C/C=C/CCCCCC(=O)OC[C@@H](COC(=O)CCCCCCCCCCCCCCCCCCCC)OC(=O)CCCCCCCCCCCCCCCCCCCCC. The summed E-state index contributed by atoms with van der Waals surface area (Å²) in [5, 5.41) is 0. The first-order chi connectivity index (χ1) is 36.5. The van der Waals surface area contributed by atoms with Gasteiger partial charge in [-0.05, 0) is 64.2 Å². The van der Waals surface area contributed by atoms with Gasteiger partial charge in [-0.1, -0.05) is 313 Å². The fourth-order valence-electron chi connectivity index (χ4n) is 9.47. The molecule has 0 aliphatic heterocycles. The van der Waals surface area contributed by atoms with Crippen molar-refractivity contribution >= 4 is 17.9 Å². The average molecular weight is 1040 g/mol. The second kappa shape index (κ2) is 62.6. The molecule has 0 rings (SSSR count). The number of hydrogen-bond acceptors (Lipinski definition) is 6. The molecule has 6 heteroatoms. The van der Waals surface area contributed by atoms with Gasteiger partial charge in [0.1, 0.15) is 13.2 Å². The van der Waals surface area contributed by atoms with Gasteiger partial charge >= 0.3 is 17.9 Å². The minimum absolute atomic E-state index is 0.0800.